The van der Waals surface area contributed by atoms with Gasteiger partial charge in [-0.05, 0) is 25.6 Å². The first kappa shape index (κ1) is 18.4. The first-order valence-electron chi connectivity index (χ1n) is 8.31. The number of halogens is 3. The van der Waals surface area contributed by atoms with Crippen LogP contribution in [-0.4, -0.2) is 47.5 Å². The van der Waals surface area contributed by atoms with Gasteiger partial charge in [0.05, 0.1) is 11.3 Å². The standard InChI is InChI=1S/C18H21F3N3S/c1-3-23-8-10-24(11-9-23)12-16-13(2)25-17(22-16)14-4-6-15(7-5-14)18(19,20)21/h4-7H,2-3,8-12H2,1H3. The molecule has 0 amide bonds. The lowest BCUT2D eigenvalue weighted by molar-refractivity contribution is -0.137. The van der Waals surface area contributed by atoms with E-state index in [0.29, 0.717) is 5.56 Å². The lowest BCUT2D eigenvalue weighted by Gasteiger charge is -2.33. The molecule has 0 N–H and O–H groups in total. The molecule has 1 aromatic carbocycles. The normalized spacial score (nSPS) is 17.2. The fourth-order valence-corrected chi connectivity index (χ4v) is 3.78. The number of nitrogens with zero attached hydrogens (tertiary/aromatic N) is 3. The van der Waals surface area contributed by atoms with E-state index in [9.17, 15) is 13.2 Å². The summed E-state index contributed by atoms with van der Waals surface area (Å²) in [6.07, 6.45) is -4.31. The number of piperazine rings is 1. The third kappa shape index (κ3) is 4.40. The van der Waals surface area contributed by atoms with Gasteiger partial charge in [0.2, 0.25) is 0 Å². The Bertz CT molecular complexity index is 701. The summed E-state index contributed by atoms with van der Waals surface area (Å²) < 4.78 is 38.0. The van der Waals surface area contributed by atoms with Crippen LogP contribution in [0.25, 0.3) is 10.6 Å². The highest BCUT2D eigenvalue weighted by Crippen LogP contribution is 2.33. The molecule has 3 nitrogen and oxygen atoms in total. The Balaban J connectivity index is 1.70. The predicted molar refractivity (Wildman–Crippen MR) is 94.4 cm³/mol. The van der Waals surface area contributed by atoms with Crippen molar-refractivity contribution >= 4 is 11.3 Å². The number of likely N-dealkylation sites (N-methyl/N-ethyl adjacent to an activating group) is 1. The smallest absolute Gasteiger partial charge is 0.301 e. The van der Waals surface area contributed by atoms with Crippen LogP contribution in [0, 0.1) is 6.92 Å². The number of hydrogen-bond donors (Lipinski definition) is 0. The van der Waals surface area contributed by atoms with Crippen molar-refractivity contribution in [1.29, 1.82) is 0 Å². The number of benzene rings is 1. The second-order valence-electron chi connectivity index (χ2n) is 6.17. The third-order valence-corrected chi connectivity index (χ3v) is 5.53. The molecule has 0 atom stereocenters. The monoisotopic (exact) mass is 368 g/mol. The fourth-order valence-electron chi connectivity index (χ4n) is 2.91. The van der Waals surface area contributed by atoms with Gasteiger partial charge in [-0.2, -0.15) is 13.2 Å². The number of alkyl halides is 3. The second kappa shape index (κ2) is 7.43. The second-order valence-corrected chi connectivity index (χ2v) is 7.26. The van der Waals surface area contributed by atoms with Crippen molar-refractivity contribution in [3.8, 4) is 10.6 Å². The van der Waals surface area contributed by atoms with Crippen LogP contribution in [0.1, 0.15) is 23.1 Å². The van der Waals surface area contributed by atoms with Crippen molar-refractivity contribution in [3.63, 3.8) is 0 Å². The molecule has 0 bridgehead atoms. The largest absolute Gasteiger partial charge is 0.416 e. The SMILES string of the molecule is [CH2]c1sc(-c2ccc(C(F)(F)F)cc2)nc1CN1CCN(CC)CC1. The molecular weight excluding hydrogens is 347 g/mol. The van der Waals surface area contributed by atoms with Gasteiger partial charge in [-0.25, -0.2) is 4.98 Å². The van der Waals surface area contributed by atoms with Crippen LogP contribution in [0.2, 0.25) is 0 Å². The number of thiazole rings is 1. The fraction of sp³-hybridized carbons (Fsp3) is 0.444. The molecule has 2 heterocycles. The average molecular weight is 368 g/mol. The molecular formula is C18H21F3N3S. The molecule has 7 heteroatoms. The Morgan fingerprint density at radius 3 is 2.24 bits per heavy atom. The van der Waals surface area contributed by atoms with Crippen LogP contribution in [0.4, 0.5) is 13.2 Å². The van der Waals surface area contributed by atoms with Gasteiger partial charge in [0, 0.05) is 43.2 Å². The van der Waals surface area contributed by atoms with E-state index in [1.54, 1.807) is 0 Å². The van der Waals surface area contributed by atoms with E-state index in [2.05, 4.69) is 28.6 Å². The molecule has 25 heavy (non-hydrogen) atoms. The van der Waals surface area contributed by atoms with Crippen LogP contribution >= 0.6 is 11.3 Å². The zero-order valence-corrected chi connectivity index (χ0v) is 15.0. The molecule has 0 spiro atoms. The Hall–Kier alpha value is -1.44. The van der Waals surface area contributed by atoms with Gasteiger partial charge < -0.3 is 4.90 Å². The van der Waals surface area contributed by atoms with E-state index < -0.39 is 11.7 Å². The highest BCUT2D eigenvalue weighted by atomic mass is 32.1. The minimum Gasteiger partial charge on any atom is -0.301 e. The summed E-state index contributed by atoms with van der Waals surface area (Å²) in [6, 6.07) is 5.15. The summed E-state index contributed by atoms with van der Waals surface area (Å²) >= 11 is 1.43. The highest BCUT2D eigenvalue weighted by molar-refractivity contribution is 7.15. The molecule has 1 fully saturated rings. The van der Waals surface area contributed by atoms with E-state index in [-0.39, 0.29) is 0 Å². The summed E-state index contributed by atoms with van der Waals surface area (Å²) in [5.41, 5.74) is 0.978. The van der Waals surface area contributed by atoms with Crippen molar-refractivity contribution in [1.82, 2.24) is 14.8 Å². The lowest BCUT2D eigenvalue weighted by atomic mass is 10.1. The topological polar surface area (TPSA) is 19.4 Å². The summed E-state index contributed by atoms with van der Waals surface area (Å²) in [6.45, 7) is 12.2. The van der Waals surface area contributed by atoms with Crippen molar-refractivity contribution in [3.05, 3.63) is 47.3 Å². The molecule has 1 radical (unpaired) electrons. The zero-order valence-electron chi connectivity index (χ0n) is 14.1. The van der Waals surface area contributed by atoms with Crippen molar-refractivity contribution < 1.29 is 13.2 Å². The molecule has 1 aliphatic heterocycles. The van der Waals surface area contributed by atoms with E-state index >= 15 is 0 Å². The quantitative estimate of drug-likeness (QED) is 0.808. The molecule has 1 aromatic heterocycles. The molecule has 0 saturated carbocycles. The Morgan fingerprint density at radius 1 is 1.08 bits per heavy atom. The lowest BCUT2D eigenvalue weighted by Crippen LogP contribution is -2.45. The van der Waals surface area contributed by atoms with E-state index in [4.69, 9.17) is 0 Å². The van der Waals surface area contributed by atoms with E-state index in [1.165, 1.54) is 23.5 Å². The van der Waals surface area contributed by atoms with E-state index in [1.807, 2.05) is 0 Å². The van der Waals surface area contributed by atoms with Crippen LogP contribution in [0.15, 0.2) is 24.3 Å². The number of rotatable bonds is 4. The number of aromatic nitrogens is 1. The summed E-state index contributed by atoms with van der Waals surface area (Å²) in [4.78, 5) is 10.3. The molecule has 135 valence electrons. The maximum Gasteiger partial charge on any atom is 0.416 e. The molecule has 0 unspecified atom stereocenters. The van der Waals surface area contributed by atoms with Crippen LogP contribution in [0.5, 0.6) is 0 Å². The minimum atomic E-state index is -4.31. The Morgan fingerprint density at radius 2 is 1.68 bits per heavy atom. The molecule has 2 aromatic rings. The van der Waals surface area contributed by atoms with E-state index in [0.717, 1.165) is 67.0 Å². The Labute approximate surface area is 150 Å². The molecule has 3 rings (SSSR count). The van der Waals surface area contributed by atoms with Gasteiger partial charge in [0.25, 0.3) is 0 Å². The summed E-state index contributed by atoms with van der Waals surface area (Å²) in [5, 5.41) is 0.723. The maximum absolute atomic E-state index is 12.7. The first-order chi connectivity index (χ1) is 11.9. The van der Waals surface area contributed by atoms with Crippen molar-refractivity contribution in [2.24, 2.45) is 0 Å². The van der Waals surface area contributed by atoms with Gasteiger partial charge in [-0.15, -0.1) is 11.3 Å². The van der Waals surface area contributed by atoms with Gasteiger partial charge in [-0.1, -0.05) is 19.1 Å². The predicted octanol–water partition coefficient (Wildman–Crippen LogP) is 4.15. The molecule has 1 aliphatic rings. The maximum atomic E-state index is 12.7. The molecule has 0 aliphatic carbocycles. The Kier molecular flexibility index (Phi) is 5.46. The average Bonchev–Trinajstić information content (AvgIpc) is 2.96. The van der Waals surface area contributed by atoms with Gasteiger partial charge in [0.15, 0.2) is 0 Å². The van der Waals surface area contributed by atoms with Gasteiger partial charge >= 0.3 is 6.18 Å². The van der Waals surface area contributed by atoms with Crippen molar-refractivity contribution in [2.45, 2.75) is 19.6 Å². The third-order valence-electron chi connectivity index (χ3n) is 4.52. The zero-order chi connectivity index (χ0) is 18.0. The summed E-state index contributed by atoms with van der Waals surface area (Å²) in [5.74, 6) is 0. The summed E-state index contributed by atoms with van der Waals surface area (Å²) in [7, 11) is 0. The first-order valence-corrected chi connectivity index (χ1v) is 9.12. The van der Waals surface area contributed by atoms with Crippen LogP contribution < -0.4 is 0 Å². The molecule has 1 saturated heterocycles. The van der Waals surface area contributed by atoms with Crippen molar-refractivity contribution in [2.75, 3.05) is 32.7 Å². The highest BCUT2D eigenvalue weighted by Gasteiger charge is 2.30. The number of hydrogen-bond acceptors (Lipinski definition) is 4. The minimum absolute atomic E-state index is 0.642. The van der Waals surface area contributed by atoms with Gasteiger partial charge in [-0.3, -0.25) is 4.90 Å². The van der Waals surface area contributed by atoms with Crippen LogP contribution in [-0.2, 0) is 12.7 Å². The van der Waals surface area contributed by atoms with Gasteiger partial charge in [0.1, 0.15) is 5.01 Å². The van der Waals surface area contributed by atoms with Crippen LogP contribution in [0.3, 0.4) is 0 Å².